The summed E-state index contributed by atoms with van der Waals surface area (Å²) in [5, 5.41) is 10.9. The van der Waals surface area contributed by atoms with Gasteiger partial charge < -0.3 is 14.6 Å². The van der Waals surface area contributed by atoms with Crippen molar-refractivity contribution in [2.75, 3.05) is 6.61 Å². The highest BCUT2D eigenvalue weighted by Gasteiger charge is 2.51. The SMILES string of the molecule is O=C([O-])c1ccnc(CCCCOc2ccc(C34CC5CC(CC(C5)C3)C4)cc2)c1. The zero-order chi connectivity index (χ0) is 20.6. The van der Waals surface area contributed by atoms with Crippen LogP contribution in [0.1, 0.15) is 73.0 Å². The fraction of sp³-hybridized carbons (Fsp3) is 0.538. The molecule has 30 heavy (non-hydrogen) atoms. The van der Waals surface area contributed by atoms with E-state index in [0.29, 0.717) is 12.0 Å². The van der Waals surface area contributed by atoms with Crippen molar-refractivity contribution >= 4 is 5.97 Å². The molecular weight excluding hydrogens is 374 g/mol. The normalized spacial score (nSPS) is 29.1. The summed E-state index contributed by atoms with van der Waals surface area (Å²) in [5.41, 5.74) is 2.96. The highest BCUT2D eigenvalue weighted by atomic mass is 16.5. The third-order valence-corrected chi connectivity index (χ3v) is 7.65. The Labute approximate surface area is 178 Å². The van der Waals surface area contributed by atoms with E-state index in [-0.39, 0.29) is 5.56 Å². The second-order valence-electron chi connectivity index (χ2n) is 9.85. The molecule has 4 fully saturated rings. The number of pyridine rings is 1. The first-order valence-corrected chi connectivity index (χ1v) is 11.5. The first kappa shape index (κ1) is 19.6. The lowest BCUT2D eigenvalue weighted by molar-refractivity contribution is -0.255. The number of aryl methyl sites for hydroxylation is 1. The number of aromatic nitrogens is 1. The van der Waals surface area contributed by atoms with Crippen LogP contribution in [0.5, 0.6) is 5.75 Å². The minimum absolute atomic E-state index is 0.190. The molecule has 4 heteroatoms. The van der Waals surface area contributed by atoms with E-state index in [1.807, 2.05) is 0 Å². The molecule has 0 aliphatic heterocycles. The van der Waals surface area contributed by atoms with Gasteiger partial charge in [0.1, 0.15) is 5.75 Å². The monoisotopic (exact) mass is 404 g/mol. The fourth-order valence-electron chi connectivity index (χ4n) is 6.71. The van der Waals surface area contributed by atoms with E-state index in [0.717, 1.165) is 48.5 Å². The number of nitrogens with zero attached hydrogens (tertiary/aromatic N) is 1. The maximum absolute atomic E-state index is 10.9. The summed E-state index contributed by atoms with van der Waals surface area (Å²) >= 11 is 0. The van der Waals surface area contributed by atoms with E-state index in [4.69, 9.17) is 4.74 Å². The van der Waals surface area contributed by atoms with Crippen LogP contribution < -0.4 is 9.84 Å². The smallest absolute Gasteiger partial charge is 0.119 e. The molecule has 1 aromatic carbocycles. The fourth-order valence-corrected chi connectivity index (χ4v) is 6.71. The quantitative estimate of drug-likeness (QED) is 0.615. The van der Waals surface area contributed by atoms with Gasteiger partial charge in [0.25, 0.3) is 0 Å². The second-order valence-corrected chi connectivity index (χ2v) is 9.85. The lowest BCUT2D eigenvalue weighted by Gasteiger charge is -2.57. The summed E-state index contributed by atoms with van der Waals surface area (Å²) in [4.78, 5) is 15.2. The molecular formula is C26H30NO3-. The largest absolute Gasteiger partial charge is 0.545 e. The van der Waals surface area contributed by atoms with Crippen molar-refractivity contribution in [2.45, 2.75) is 63.2 Å². The molecule has 1 aromatic heterocycles. The highest BCUT2D eigenvalue weighted by molar-refractivity contribution is 5.85. The van der Waals surface area contributed by atoms with Crippen molar-refractivity contribution in [3.8, 4) is 5.75 Å². The molecule has 6 rings (SSSR count). The summed E-state index contributed by atoms with van der Waals surface area (Å²) < 4.78 is 5.96. The zero-order valence-electron chi connectivity index (χ0n) is 17.5. The molecule has 158 valence electrons. The van der Waals surface area contributed by atoms with Crippen LogP contribution in [0, 0.1) is 17.8 Å². The Hall–Kier alpha value is -2.36. The van der Waals surface area contributed by atoms with Gasteiger partial charge in [-0.1, -0.05) is 12.1 Å². The average molecular weight is 405 g/mol. The summed E-state index contributed by atoms with van der Waals surface area (Å²) in [7, 11) is 0. The van der Waals surface area contributed by atoms with E-state index in [2.05, 4.69) is 29.2 Å². The minimum Gasteiger partial charge on any atom is -0.545 e. The Morgan fingerprint density at radius 1 is 1.00 bits per heavy atom. The summed E-state index contributed by atoms with van der Waals surface area (Å²) in [5.74, 6) is 2.69. The van der Waals surface area contributed by atoms with Crippen molar-refractivity contribution < 1.29 is 14.6 Å². The number of benzene rings is 1. The third kappa shape index (κ3) is 3.97. The van der Waals surface area contributed by atoms with Gasteiger partial charge in [-0.3, -0.25) is 4.98 Å². The molecule has 0 amide bonds. The van der Waals surface area contributed by atoms with Gasteiger partial charge in [0.05, 0.1) is 12.6 Å². The lowest BCUT2D eigenvalue weighted by Crippen LogP contribution is -2.48. The van der Waals surface area contributed by atoms with Gasteiger partial charge >= 0.3 is 0 Å². The van der Waals surface area contributed by atoms with Gasteiger partial charge in [-0.2, -0.15) is 0 Å². The zero-order valence-corrected chi connectivity index (χ0v) is 17.5. The number of carbonyl (C=O) groups excluding carboxylic acids is 1. The van der Waals surface area contributed by atoms with Crippen molar-refractivity contribution in [3.05, 3.63) is 59.4 Å². The Kier molecular flexibility index (Phi) is 5.26. The Balaban J connectivity index is 1.11. The van der Waals surface area contributed by atoms with E-state index in [1.54, 1.807) is 6.07 Å². The Morgan fingerprint density at radius 2 is 1.67 bits per heavy atom. The molecule has 0 unspecified atom stereocenters. The number of carboxylic acid groups (broad SMARTS) is 1. The molecule has 0 N–H and O–H groups in total. The van der Waals surface area contributed by atoms with Gasteiger partial charge in [0.15, 0.2) is 0 Å². The Morgan fingerprint density at radius 3 is 2.30 bits per heavy atom. The maximum Gasteiger partial charge on any atom is 0.119 e. The molecule has 1 heterocycles. The number of rotatable bonds is 8. The predicted molar refractivity (Wildman–Crippen MR) is 113 cm³/mol. The predicted octanol–water partition coefficient (Wildman–Crippen LogP) is 4.31. The molecule has 2 aromatic rings. The number of hydrogen-bond acceptors (Lipinski definition) is 4. The van der Waals surface area contributed by atoms with Crippen LogP contribution in [0.2, 0.25) is 0 Å². The van der Waals surface area contributed by atoms with Crippen LogP contribution in [0.4, 0.5) is 0 Å². The van der Waals surface area contributed by atoms with Crippen LogP contribution in [-0.2, 0) is 11.8 Å². The molecule has 0 atom stereocenters. The second kappa shape index (κ2) is 8.05. The van der Waals surface area contributed by atoms with Crippen LogP contribution >= 0.6 is 0 Å². The number of ether oxygens (including phenoxy) is 1. The van der Waals surface area contributed by atoms with E-state index in [9.17, 15) is 9.90 Å². The van der Waals surface area contributed by atoms with Crippen LogP contribution in [0.3, 0.4) is 0 Å². The van der Waals surface area contributed by atoms with Gasteiger partial charge in [-0.25, -0.2) is 0 Å². The van der Waals surface area contributed by atoms with Gasteiger partial charge in [0.2, 0.25) is 0 Å². The van der Waals surface area contributed by atoms with Gasteiger partial charge in [0, 0.05) is 17.5 Å². The van der Waals surface area contributed by atoms with E-state index >= 15 is 0 Å². The minimum atomic E-state index is -1.15. The number of carboxylic acids is 1. The first-order chi connectivity index (χ1) is 14.6. The lowest BCUT2D eigenvalue weighted by atomic mass is 9.48. The molecule has 0 radical (unpaired) electrons. The van der Waals surface area contributed by atoms with Crippen LogP contribution in [0.25, 0.3) is 0 Å². The van der Waals surface area contributed by atoms with Crippen LogP contribution in [0.15, 0.2) is 42.6 Å². The van der Waals surface area contributed by atoms with E-state index in [1.165, 1.54) is 56.4 Å². The standard InChI is InChI=1S/C26H31NO3/c28-25(29)21-8-9-27-23(14-21)3-1-2-10-30-24-6-4-22(5-7-24)26-15-18-11-19(16-26)13-20(12-18)17-26/h4-9,14,18-20H,1-3,10-13,15-17H2,(H,28,29)/p-1. The maximum atomic E-state index is 10.9. The Bertz CT molecular complexity index is 869. The van der Waals surface area contributed by atoms with Crippen molar-refractivity contribution in [1.29, 1.82) is 0 Å². The van der Waals surface area contributed by atoms with Crippen molar-refractivity contribution in [2.24, 2.45) is 17.8 Å². The average Bonchev–Trinajstić information content (AvgIpc) is 2.73. The summed E-state index contributed by atoms with van der Waals surface area (Å²) in [6.45, 7) is 0.664. The van der Waals surface area contributed by atoms with Gasteiger partial charge in [-0.05, 0) is 111 Å². The molecule has 0 spiro atoms. The molecule has 0 saturated heterocycles. The van der Waals surface area contributed by atoms with Crippen molar-refractivity contribution in [1.82, 2.24) is 4.98 Å². The van der Waals surface area contributed by atoms with Gasteiger partial charge in [-0.15, -0.1) is 0 Å². The molecule has 4 bridgehead atoms. The highest BCUT2D eigenvalue weighted by Crippen LogP contribution is 2.60. The first-order valence-electron chi connectivity index (χ1n) is 11.5. The third-order valence-electron chi connectivity index (χ3n) is 7.65. The number of hydrogen-bond donors (Lipinski definition) is 0. The summed E-state index contributed by atoms with van der Waals surface area (Å²) in [6, 6.07) is 12.0. The molecule has 4 aliphatic rings. The molecule has 4 nitrogen and oxygen atoms in total. The number of carbonyl (C=O) groups is 1. The number of unbranched alkanes of at least 4 members (excludes halogenated alkanes) is 1. The van der Waals surface area contributed by atoms with Crippen LogP contribution in [-0.4, -0.2) is 17.6 Å². The summed E-state index contributed by atoms with van der Waals surface area (Å²) in [6.07, 6.45) is 12.7. The molecule has 4 saturated carbocycles. The topological polar surface area (TPSA) is 62.2 Å². The molecule has 4 aliphatic carbocycles. The number of aromatic carboxylic acids is 1. The van der Waals surface area contributed by atoms with Crippen molar-refractivity contribution in [3.63, 3.8) is 0 Å². The van der Waals surface area contributed by atoms with E-state index < -0.39 is 5.97 Å².